The number of likely N-dealkylation sites (N-methyl/N-ethyl adjacent to an activating group) is 1. The van der Waals surface area contributed by atoms with Crippen molar-refractivity contribution in [2.24, 2.45) is 0 Å². The third-order valence-corrected chi connectivity index (χ3v) is 4.00. The van der Waals surface area contributed by atoms with Crippen LogP contribution in [0.4, 0.5) is 5.69 Å². The van der Waals surface area contributed by atoms with Crippen LogP contribution in [-0.4, -0.2) is 49.3 Å². The van der Waals surface area contributed by atoms with Crippen molar-refractivity contribution in [3.05, 3.63) is 23.7 Å². The van der Waals surface area contributed by atoms with E-state index in [1.54, 1.807) is 11.3 Å². The molecule has 2 heterocycles. The van der Waals surface area contributed by atoms with Crippen LogP contribution in [0.15, 0.2) is 23.7 Å². The van der Waals surface area contributed by atoms with Crippen LogP contribution in [0.2, 0.25) is 0 Å². The summed E-state index contributed by atoms with van der Waals surface area (Å²) in [5.41, 5.74) is 4.09. The van der Waals surface area contributed by atoms with Gasteiger partial charge in [-0.15, -0.1) is 11.3 Å². The van der Waals surface area contributed by atoms with E-state index in [1.807, 2.05) is 5.51 Å². The van der Waals surface area contributed by atoms with Gasteiger partial charge in [-0.2, -0.15) is 0 Å². The predicted octanol–water partition coefficient (Wildman–Crippen LogP) is 2.04. The molecule has 1 fully saturated rings. The molecule has 0 amide bonds. The van der Waals surface area contributed by atoms with Gasteiger partial charge in [0.15, 0.2) is 0 Å². The third kappa shape index (κ3) is 2.63. The first-order chi connectivity index (χ1) is 8.81. The molecule has 1 aliphatic heterocycles. The Labute approximate surface area is 111 Å². The van der Waals surface area contributed by atoms with Gasteiger partial charge in [0.25, 0.3) is 0 Å². The number of thiazole rings is 1. The van der Waals surface area contributed by atoms with Crippen LogP contribution in [0.1, 0.15) is 0 Å². The number of nitrogens with zero attached hydrogens (tertiary/aromatic N) is 2. The Kier molecular flexibility index (Phi) is 3.45. The fourth-order valence-electron chi connectivity index (χ4n) is 2.19. The average Bonchev–Trinajstić information content (AvgIpc) is 2.84. The molecule has 3 rings (SSSR count). The van der Waals surface area contributed by atoms with Crippen LogP contribution in [0.3, 0.4) is 0 Å². The summed E-state index contributed by atoms with van der Waals surface area (Å²) < 4.78 is 6.95. The van der Waals surface area contributed by atoms with E-state index in [9.17, 15) is 0 Å². The second-order valence-electron chi connectivity index (χ2n) is 4.67. The van der Waals surface area contributed by atoms with E-state index < -0.39 is 0 Å². The number of nitrogens with one attached hydrogen (secondary N) is 1. The Morgan fingerprint density at radius 1 is 1.56 bits per heavy atom. The van der Waals surface area contributed by atoms with Gasteiger partial charge < -0.3 is 15.0 Å². The summed E-state index contributed by atoms with van der Waals surface area (Å²) in [6, 6.07) is 6.29. The number of hydrogen-bond donors (Lipinski definition) is 1. The number of ether oxygens (including phenoxy) is 1. The molecule has 96 valence electrons. The topological polar surface area (TPSA) is 37.4 Å². The average molecular weight is 263 g/mol. The molecular weight excluding hydrogens is 246 g/mol. The maximum Gasteiger partial charge on any atom is 0.0874 e. The van der Waals surface area contributed by atoms with Gasteiger partial charge >= 0.3 is 0 Å². The van der Waals surface area contributed by atoms with Crippen LogP contribution >= 0.6 is 11.3 Å². The van der Waals surface area contributed by atoms with Crippen LogP contribution in [0.25, 0.3) is 10.2 Å². The van der Waals surface area contributed by atoms with Crippen molar-refractivity contribution in [2.45, 2.75) is 6.10 Å². The zero-order valence-electron chi connectivity index (χ0n) is 10.4. The van der Waals surface area contributed by atoms with E-state index in [0.29, 0.717) is 0 Å². The van der Waals surface area contributed by atoms with E-state index >= 15 is 0 Å². The zero-order valence-corrected chi connectivity index (χ0v) is 11.2. The molecule has 1 saturated heterocycles. The first kappa shape index (κ1) is 11.9. The predicted molar refractivity (Wildman–Crippen MR) is 75.3 cm³/mol. The molecule has 0 aliphatic carbocycles. The lowest BCUT2D eigenvalue weighted by atomic mass is 10.2. The summed E-state index contributed by atoms with van der Waals surface area (Å²) in [7, 11) is 2.14. The Bertz CT molecular complexity index is 528. The van der Waals surface area contributed by atoms with Gasteiger partial charge in [-0.25, -0.2) is 4.98 Å². The van der Waals surface area contributed by atoms with Gasteiger partial charge in [0.1, 0.15) is 0 Å². The molecule has 1 aliphatic rings. The van der Waals surface area contributed by atoms with Crippen molar-refractivity contribution in [3.63, 3.8) is 0 Å². The first-order valence-electron chi connectivity index (χ1n) is 6.18. The first-order valence-corrected chi connectivity index (χ1v) is 7.06. The Morgan fingerprint density at radius 3 is 3.39 bits per heavy atom. The Hall–Kier alpha value is -1.17. The maximum atomic E-state index is 5.73. The molecule has 0 radical (unpaired) electrons. The highest BCUT2D eigenvalue weighted by Crippen LogP contribution is 2.21. The number of benzene rings is 1. The lowest BCUT2D eigenvalue weighted by Gasteiger charge is -2.30. The number of hydrogen-bond acceptors (Lipinski definition) is 5. The molecule has 0 bridgehead atoms. The van der Waals surface area contributed by atoms with Gasteiger partial charge in [-0.1, -0.05) is 0 Å². The molecule has 18 heavy (non-hydrogen) atoms. The van der Waals surface area contributed by atoms with Crippen molar-refractivity contribution in [3.8, 4) is 0 Å². The quantitative estimate of drug-likeness (QED) is 0.919. The third-order valence-electron chi connectivity index (χ3n) is 3.21. The van der Waals surface area contributed by atoms with Gasteiger partial charge in [-0.3, -0.25) is 0 Å². The van der Waals surface area contributed by atoms with Gasteiger partial charge in [0.2, 0.25) is 0 Å². The Balaban J connectivity index is 1.61. The smallest absolute Gasteiger partial charge is 0.0874 e. The fourth-order valence-corrected chi connectivity index (χ4v) is 2.90. The number of fused-ring (bicyclic) bond motifs is 1. The standard InChI is InChI=1S/C13H17N3OS/c1-16-4-5-17-11(8-16)7-14-10-2-3-12-13(6-10)18-9-15-12/h2-3,6,9,11,14H,4-5,7-8H2,1H3. The van der Waals surface area contributed by atoms with E-state index in [1.165, 1.54) is 4.70 Å². The van der Waals surface area contributed by atoms with Crippen LogP contribution in [0.5, 0.6) is 0 Å². The molecule has 4 nitrogen and oxygen atoms in total. The lowest BCUT2D eigenvalue weighted by Crippen LogP contribution is -2.43. The highest BCUT2D eigenvalue weighted by atomic mass is 32.1. The lowest BCUT2D eigenvalue weighted by molar-refractivity contribution is -0.0117. The minimum atomic E-state index is 0.279. The molecule has 1 atom stereocenters. The van der Waals surface area contributed by atoms with E-state index in [4.69, 9.17) is 4.74 Å². The van der Waals surface area contributed by atoms with Crippen molar-refractivity contribution < 1.29 is 4.74 Å². The second-order valence-corrected chi connectivity index (χ2v) is 5.56. The van der Waals surface area contributed by atoms with Crippen LogP contribution in [0, 0.1) is 0 Å². The van der Waals surface area contributed by atoms with Crippen molar-refractivity contribution in [2.75, 3.05) is 38.6 Å². The zero-order chi connectivity index (χ0) is 12.4. The summed E-state index contributed by atoms with van der Waals surface area (Å²) in [5.74, 6) is 0. The van der Waals surface area contributed by atoms with E-state index in [-0.39, 0.29) is 6.10 Å². The van der Waals surface area contributed by atoms with E-state index in [2.05, 4.69) is 40.4 Å². The molecule has 0 saturated carbocycles. The number of morpholine rings is 1. The normalized spacial score (nSPS) is 21.3. The molecule has 1 unspecified atom stereocenters. The summed E-state index contributed by atoms with van der Waals surface area (Å²) in [6.45, 7) is 3.71. The van der Waals surface area contributed by atoms with Gasteiger partial charge in [0, 0.05) is 25.3 Å². The highest BCUT2D eigenvalue weighted by molar-refractivity contribution is 7.16. The van der Waals surface area contributed by atoms with Crippen LogP contribution in [-0.2, 0) is 4.74 Å². The maximum absolute atomic E-state index is 5.73. The summed E-state index contributed by atoms with van der Waals surface area (Å²) >= 11 is 1.67. The fraction of sp³-hybridized carbons (Fsp3) is 0.462. The summed E-state index contributed by atoms with van der Waals surface area (Å²) in [4.78, 5) is 6.59. The molecular formula is C13H17N3OS. The van der Waals surface area contributed by atoms with Crippen molar-refractivity contribution in [1.82, 2.24) is 9.88 Å². The second kappa shape index (κ2) is 5.22. The molecule has 1 aromatic heterocycles. The molecule has 0 spiro atoms. The number of aromatic nitrogens is 1. The minimum absolute atomic E-state index is 0.279. The van der Waals surface area contributed by atoms with Crippen molar-refractivity contribution in [1.29, 1.82) is 0 Å². The molecule has 5 heteroatoms. The molecule has 1 aromatic carbocycles. The number of rotatable bonds is 3. The SMILES string of the molecule is CN1CCOC(CNc2ccc3ncsc3c2)C1. The summed E-state index contributed by atoms with van der Waals surface area (Å²) in [5, 5.41) is 3.44. The van der Waals surface area contributed by atoms with Gasteiger partial charge in [-0.05, 0) is 25.2 Å². The van der Waals surface area contributed by atoms with E-state index in [0.717, 1.165) is 37.4 Å². The number of anilines is 1. The monoisotopic (exact) mass is 263 g/mol. The van der Waals surface area contributed by atoms with Crippen molar-refractivity contribution >= 4 is 27.2 Å². The minimum Gasteiger partial charge on any atom is -0.382 e. The molecule has 1 N–H and O–H groups in total. The largest absolute Gasteiger partial charge is 0.382 e. The Morgan fingerprint density at radius 2 is 2.50 bits per heavy atom. The highest BCUT2D eigenvalue weighted by Gasteiger charge is 2.17. The summed E-state index contributed by atoms with van der Waals surface area (Å²) in [6.07, 6.45) is 0.279. The molecule has 2 aromatic rings. The van der Waals surface area contributed by atoms with Crippen LogP contribution < -0.4 is 5.32 Å². The van der Waals surface area contributed by atoms with Gasteiger partial charge in [0.05, 0.1) is 28.4 Å².